The number of nitrogens with zero attached hydrogens (tertiary/aromatic N) is 3. The van der Waals surface area contributed by atoms with Crippen molar-refractivity contribution in [1.82, 2.24) is 14.7 Å². The first-order chi connectivity index (χ1) is 10.3. The Balaban J connectivity index is 1.79. The number of hydrogen-bond donors (Lipinski definition) is 0. The van der Waals surface area contributed by atoms with Crippen LogP contribution < -0.4 is 0 Å². The van der Waals surface area contributed by atoms with Gasteiger partial charge in [-0.1, -0.05) is 32.1 Å². The molecule has 0 bridgehead atoms. The van der Waals surface area contributed by atoms with Crippen LogP contribution in [-0.2, 0) is 11.8 Å². The third-order valence-corrected chi connectivity index (χ3v) is 5.07. The summed E-state index contributed by atoms with van der Waals surface area (Å²) in [6, 6.07) is 2.28. The Labute approximate surface area is 127 Å². The summed E-state index contributed by atoms with van der Waals surface area (Å²) >= 11 is 0. The van der Waals surface area contributed by atoms with E-state index < -0.39 is 0 Å². The molecule has 1 atom stereocenters. The molecule has 2 heterocycles. The van der Waals surface area contributed by atoms with Gasteiger partial charge in [0.2, 0.25) is 5.91 Å². The fourth-order valence-corrected chi connectivity index (χ4v) is 3.87. The van der Waals surface area contributed by atoms with Gasteiger partial charge in [-0.15, -0.1) is 0 Å². The van der Waals surface area contributed by atoms with E-state index in [9.17, 15) is 4.79 Å². The summed E-state index contributed by atoms with van der Waals surface area (Å²) in [6.07, 6.45) is 12.5. The molecule has 1 amide bonds. The summed E-state index contributed by atoms with van der Waals surface area (Å²) in [7, 11) is 1.95. The lowest BCUT2D eigenvalue weighted by Crippen LogP contribution is -2.39. The highest BCUT2D eigenvalue weighted by Crippen LogP contribution is 2.33. The number of hydrogen-bond acceptors (Lipinski definition) is 2. The fraction of sp³-hybridized carbons (Fsp3) is 0.765. The summed E-state index contributed by atoms with van der Waals surface area (Å²) in [5, 5.41) is 4.58. The van der Waals surface area contributed by atoms with Gasteiger partial charge in [-0.25, -0.2) is 0 Å². The topological polar surface area (TPSA) is 38.1 Å². The quantitative estimate of drug-likeness (QED) is 0.836. The van der Waals surface area contributed by atoms with Gasteiger partial charge in [-0.3, -0.25) is 9.48 Å². The van der Waals surface area contributed by atoms with Crippen LogP contribution in [0.1, 0.15) is 69.5 Å². The van der Waals surface area contributed by atoms with Crippen molar-refractivity contribution in [1.29, 1.82) is 0 Å². The van der Waals surface area contributed by atoms with Gasteiger partial charge in [0.15, 0.2) is 0 Å². The Morgan fingerprint density at radius 1 is 1.10 bits per heavy atom. The van der Waals surface area contributed by atoms with Gasteiger partial charge in [-0.05, 0) is 31.7 Å². The maximum absolute atomic E-state index is 13.0. The fourth-order valence-electron chi connectivity index (χ4n) is 3.87. The Morgan fingerprint density at radius 3 is 2.52 bits per heavy atom. The highest BCUT2D eigenvalue weighted by atomic mass is 16.2. The van der Waals surface area contributed by atoms with Crippen LogP contribution in [-0.4, -0.2) is 27.1 Å². The van der Waals surface area contributed by atoms with E-state index >= 15 is 0 Å². The molecule has 2 aliphatic rings. The van der Waals surface area contributed by atoms with Crippen LogP contribution in [0.2, 0.25) is 0 Å². The lowest BCUT2D eigenvalue weighted by Gasteiger charge is -2.33. The molecular formula is C17H27N3O. The van der Waals surface area contributed by atoms with E-state index in [4.69, 9.17) is 0 Å². The number of aryl methyl sites for hydroxylation is 1. The Bertz CT molecular complexity index is 476. The van der Waals surface area contributed by atoms with Gasteiger partial charge in [0.05, 0.1) is 11.7 Å². The molecule has 4 heteroatoms. The summed E-state index contributed by atoms with van der Waals surface area (Å²) in [5.74, 6) is 0.662. The van der Waals surface area contributed by atoms with Crippen LogP contribution in [0.25, 0.3) is 0 Å². The zero-order valence-corrected chi connectivity index (χ0v) is 13.1. The Hall–Kier alpha value is -1.32. The molecule has 4 nitrogen and oxygen atoms in total. The molecule has 1 aromatic rings. The maximum atomic E-state index is 13.0. The lowest BCUT2D eigenvalue weighted by atomic mass is 9.87. The molecule has 0 N–H and O–H groups in total. The second-order valence-corrected chi connectivity index (χ2v) is 6.65. The third kappa shape index (κ3) is 3.30. The van der Waals surface area contributed by atoms with Gasteiger partial charge in [-0.2, -0.15) is 5.10 Å². The predicted molar refractivity (Wildman–Crippen MR) is 82.7 cm³/mol. The largest absolute Gasteiger partial charge is 0.334 e. The van der Waals surface area contributed by atoms with Crippen LogP contribution in [0.15, 0.2) is 12.3 Å². The average molecular weight is 289 g/mol. The Morgan fingerprint density at radius 2 is 1.81 bits per heavy atom. The maximum Gasteiger partial charge on any atom is 0.226 e. The van der Waals surface area contributed by atoms with Crippen LogP contribution in [0.3, 0.4) is 0 Å². The Kier molecular flexibility index (Phi) is 4.61. The van der Waals surface area contributed by atoms with Crippen molar-refractivity contribution in [3.63, 3.8) is 0 Å². The third-order valence-electron chi connectivity index (χ3n) is 5.07. The predicted octanol–water partition coefficient (Wildman–Crippen LogP) is 3.44. The lowest BCUT2D eigenvalue weighted by molar-refractivity contribution is -0.139. The highest BCUT2D eigenvalue weighted by Gasteiger charge is 2.32. The first kappa shape index (κ1) is 14.6. The van der Waals surface area contributed by atoms with Crippen LogP contribution >= 0.6 is 0 Å². The van der Waals surface area contributed by atoms with Crippen molar-refractivity contribution in [3.05, 3.63) is 18.0 Å². The van der Waals surface area contributed by atoms with Gasteiger partial charge >= 0.3 is 0 Å². The standard InChI is InChI=1S/C17H27N3O/c1-19-13-11-15(18-19)16-10-6-3-7-12-20(16)17(21)14-8-4-2-5-9-14/h11,13-14,16H,2-10,12H2,1H3. The van der Waals surface area contributed by atoms with Gasteiger partial charge in [0.1, 0.15) is 0 Å². The summed E-state index contributed by atoms with van der Waals surface area (Å²) < 4.78 is 1.85. The van der Waals surface area contributed by atoms with E-state index in [1.54, 1.807) is 0 Å². The van der Waals surface area contributed by atoms with E-state index in [1.165, 1.54) is 32.1 Å². The molecule has 0 aromatic carbocycles. The van der Waals surface area contributed by atoms with E-state index in [0.29, 0.717) is 5.91 Å². The molecule has 1 aromatic heterocycles. The molecule has 1 aliphatic heterocycles. The molecule has 1 saturated heterocycles. The van der Waals surface area contributed by atoms with Crippen molar-refractivity contribution in [2.45, 2.75) is 63.8 Å². The van der Waals surface area contributed by atoms with E-state index in [2.05, 4.69) is 16.1 Å². The highest BCUT2D eigenvalue weighted by molar-refractivity contribution is 5.79. The number of aromatic nitrogens is 2. The number of carbonyl (C=O) groups excluding carboxylic acids is 1. The second kappa shape index (κ2) is 6.63. The summed E-state index contributed by atoms with van der Waals surface area (Å²) in [6.45, 7) is 0.913. The van der Waals surface area contributed by atoms with Gasteiger partial charge in [0.25, 0.3) is 0 Å². The van der Waals surface area contributed by atoms with Crippen LogP contribution in [0.4, 0.5) is 0 Å². The molecule has 2 fully saturated rings. The van der Waals surface area contributed by atoms with Crippen LogP contribution in [0, 0.1) is 5.92 Å². The first-order valence-electron chi connectivity index (χ1n) is 8.56. The molecule has 1 aliphatic carbocycles. The first-order valence-corrected chi connectivity index (χ1v) is 8.56. The normalized spacial score (nSPS) is 24.8. The molecule has 116 valence electrons. The number of likely N-dealkylation sites (tertiary alicyclic amines) is 1. The molecule has 21 heavy (non-hydrogen) atoms. The zero-order valence-electron chi connectivity index (χ0n) is 13.1. The van der Waals surface area contributed by atoms with Crippen LogP contribution in [0.5, 0.6) is 0 Å². The van der Waals surface area contributed by atoms with Gasteiger partial charge < -0.3 is 4.90 Å². The van der Waals surface area contributed by atoms with E-state index in [-0.39, 0.29) is 12.0 Å². The molecule has 0 radical (unpaired) electrons. The van der Waals surface area contributed by atoms with Crippen molar-refractivity contribution in [3.8, 4) is 0 Å². The monoisotopic (exact) mass is 289 g/mol. The minimum Gasteiger partial charge on any atom is -0.334 e. The van der Waals surface area contributed by atoms with Gasteiger partial charge in [0, 0.05) is 25.7 Å². The average Bonchev–Trinajstić information content (AvgIpc) is 2.80. The van der Waals surface area contributed by atoms with Crippen molar-refractivity contribution in [2.75, 3.05) is 6.54 Å². The SMILES string of the molecule is Cn1ccc(C2CCCCCN2C(=O)C2CCCCC2)n1. The smallest absolute Gasteiger partial charge is 0.226 e. The number of rotatable bonds is 2. The number of carbonyl (C=O) groups is 1. The molecule has 3 rings (SSSR count). The molecule has 1 saturated carbocycles. The van der Waals surface area contributed by atoms with E-state index in [1.807, 2.05) is 17.9 Å². The van der Waals surface area contributed by atoms with Crippen molar-refractivity contribution >= 4 is 5.91 Å². The summed E-state index contributed by atoms with van der Waals surface area (Å²) in [5.41, 5.74) is 1.07. The minimum atomic E-state index is 0.197. The minimum absolute atomic E-state index is 0.197. The zero-order chi connectivity index (χ0) is 14.7. The number of amides is 1. The molecular weight excluding hydrogens is 262 g/mol. The van der Waals surface area contributed by atoms with E-state index in [0.717, 1.165) is 37.9 Å². The molecule has 0 spiro atoms. The molecule has 1 unspecified atom stereocenters. The van der Waals surface area contributed by atoms with Crippen molar-refractivity contribution in [2.24, 2.45) is 13.0 Å². The second-order valence-electron chi connectivity index (χ2n) is 6.65. The summed E-state index contributed by atoms with van der Waals surface area (Å²) in [4.78, 5) is 15.1. The van der Waals surface area contributed by atoms with Crippen molar-refractivity contribution < 1.29 is 4.79 Å².